The van der Waals surface area contributed by atoms with E-state index in [2.05, 4.69) is 51.7 Å². The number of aromatic nitrogens is 1. The number of hydrogen-bond acceptors (Lipinski definition) is 2. The summed E-state index contributed by atoms with van der Waals surface area (Å²) in [5, 5.41) is 0. The van der Waals surface area contributed by atoms with E-state index in [1.165, 1.54) is 24.2 Å². The molecule has 3 heteroatoms. The van der Waals surface area contributed by atoms with Crippen LogP contribution in [0.5, 0.6) is 0 Å². The van der Waals surface area contributed by atoms with E-state index >= 15 is 0 Å². The lowest BCUT2D eigenvalue weighted by molar-refractivity contribution is 0.729. The molecular weight excluding hydrogens is 263 g/mol. The van der Waals surface area contributed by atoms with Crippen molar-refractivity contribution in [1.29, 1.82) is 0 Å². The molecule has 0 radical (unpaired) electrons. The third kappa shape index (κ3) is 1.42. The van der Waals surface area contributed by atoms with E-state index in [4.69, 9.17) is 0 Å². The summed E-state index contributed by atoms with van der Waals surface area (Å²) in [5.41, 5.74) is 1.39. The van der Waals surface area contributed by atoms with E-state index in [0.29, 0.717) is 0 Å². The second-order valence-electron chi connectivity index (χ2n) is 3.14. The van der Waals surface area contributed by atoms with Crippen LogP contribution in [-0.2, 0) is 6.42 Å². The first kappa shape index (κ1) is 8.29. The van der Waals surface area contributed by atoms with Gasteiger partial charge in [-0.2, -0.15) is 0 Å². The molecule has 1 aliphatic rings. The third-order valence-electron chi connectivity index (χ3n) is 2.22. The molecule has 2 heterocycles. The lowest BCUT2D eigenvalue weighted by Crippen LogP contribution is -2.25. The van der Waals surface area contributed by atoms with Crippen molar-refractivity contribution in [2.75, 3.05) is 18.5 Å². The minimum Gasteiger partial charge on any atom is -0.359 e. The van der Waals surface area contributed by atoms with E-state index in [1.807, 2.05) is 0 Å². The smallest absolute Gasteiger partial charge is 0.132 e. The molecule has 1 aromatic heterocycles. The summed E-state index contributed by atoms with van der Waals surface area (Å²) in [5.74, 6) is 1.17. The van der Waals surface area contributed by atoms with Crippen LogP contribution >= 0.6 is 22.6 Å². The first-order valence-corrected chi connectivity index (χ1v) is 5.22. The molecule has 2 rings (SSSR count). The summed E-state index contributed by atoms with van der Waals surface area (Å²) >= 11 is 2.26. The summed E-state index contributed by atoms with van der Waals surface area (Å²) in [6.07, 6.45) is 2.44. The number of pyridine rings is 1. The topological polar surface area (TPSA) is 16.1 Å². The fourth-order valence-electron chi connectivity index (χ4n) is 1.59. The van der Waals surface area contributed by atoms with Crippen LogP contribution in [0.15, 0.2) is 12.1 Å². The summed E-state index contributed by atoms with van der Waals surface area (Å²) in [6.45, 7) is 1.14. The van der Waals surface area contributed by atoms with Gasteiger partial charge in [0, 0.05) is 13.6 Å². The molecule has 1 aliphatic heterocycles. The number of rotatable bonds is 0. The molecule has 0 saturated carbocycles. The minimum absolute atomic E-state index is 1.08. The number of halogens is 1. The standard InChI is InChI=1S/C9H11IN2/c1-12-6-2-3-7-4-5-8(10)11-9(7)12/h4-5H,2-3,6H2,1H3. The largest absolute Gasteiger partial charge is 0.359 e. The fourth-order valence-corrected chi connectivity index (χ4v) is 2.00. The molecule has 0 unspecified atom stereocenters. The fraction of sp³-hybridized carbons (Fsp3) is 0.444. The van der Waals surface area contributed by atoms with Gasteiger partial charge in [0.25, 0.3) is 0 Å². The zero-order valence-electron chi connectivity index (χ0n) is 7.05. The van der Waals surface area contributed by atoms with Gasteiger partial charge in [-0.15, -0.1) is 0 Å². The Labute approximate surface area is 86.1 Å². The van der Waals surface area contributed by atoms with Crippen molar-refractivity contribution in [3.63, 3.8) is 0 Å². The van der Waals surface area contributed by atoms with E-state index in [9.17, 15) is 0 Å². The Bertz CT molecular complexity index is 299. The van der Waals surface area contributed by atoms with Gasteiger partial charge in [0.1, 0.15) is 9.52 Å². The van der Waals surface area contributed by atoms with Crippen molar-refractivity contribution >= 4 is 28.4 Å². The lowest BCUT2D eigenvalue weighted by atomic mass is 10.1. The van der Waals surface area contributed by atoms with Crippen LogP contribution in [-0.4, -0.2) is 18.6 Å². The highest BCUT2D eigenvalue weighted by Gasteiger charge is 2.14. The average molecular weight is 274 g/mol. The number of hydrogen-bond donors (Lipinski definition) is 0. The predicted octanol–water partition coefficient (Wildman–Crippen LogP) is 2.07. The van der Waals surface area contributed by atoms with Crippen LogP contribution in [0.3, 0.4) is 0 Å². The molecule has 0 N–H and O–H groups in total. The van der Waals surface area contributed by atoms with Gasteiger partial charge in [-0.05, 0) is 47.1 Å². The Kier molecular flexibility index (Phi) is 2.21. The molecule has 0 amide bonds. The highest BCUT2D eigenvalue weighted by molar-refractivity contribution is 14.1. The molecule has 0 atom stereocenters. The highest BCUT2D eigenvalue weighted by atomic mass is 127. The van der Waals surface area contributed by atoms with Crippen LogP contribution in [0.2, 0.25) is 0 Å². The first-order chi connectivity index (χ1) is 5.77. The van der Waals surface area contributed by atoms with Gasteiger partial charge in [0.15, 0.2) is 0 Å². The molecule has 0 bridgehead atoms. The molecule has 64 valence electrons. The Hall–Kier alpha value is -0.320. The van der Waals surface area contributed by atoms with Gasteiger partial charge in [-0.1, -0.05) is 6.07 Å². The van der Waals surface area contributed by atoms with Gasteiger partial charge in [0.05, 0.1) is 0 Å². The van der Waals surface area contributed by atoms with Crippen LogP contribution < -0.4 is 4.90 Å². The minimum atomic E-state index is 1.08. The van der Waals surface area contributed by atoms with Gasteiger partial charge < -0.3 is 4.90 Å². The van der Waals surface area contributed by atoms with Crippen molar-refractivity contribution in [2.24, 2.45) is 0 Å². The summed E-state index contributed by atoms with van der Waals surface area (Å²) < 4.78 is 1.08. The second kappa shape index (κ2) is 3.20. The zero-order chi connectivity index (χ0) is 8.55. The van der Waals surface area contributed by atoms with Crippen molar-refractivity contribution in [3.05, 3.63) is 21.4 Å². The van der Waals surface area contributed by atoms with Gasteiger partial charge in [-0.25, -0.2) is 4.98 Å². The molecule has 12 heavy (non-hydrogen) atoms. The maximum absolute atomic E-state index is 4.51. The Morgan fingerprint density at radius 3 is 3.17 bits per heavy atom. The SMILES string of the molecule is CN1CCCc2ccc(I)nc21. The quantitative estimate of drug-likeness (QED) is 0.532. The molecule has 1 aromatic rings. The summed E-state index contributed by atoms with van der Waals surface area (Å²) in [6, 6.07) is 4.28. The van der Waals surface area contributed by atoms with Crippen molar-refractivity contribution in [1.82, 2.24) is 4.98 Å². The van der Waals surface area contributed by atoms with E-state index in [1.54, 1.807) is 0 Å². The maximum Gasteiger partial charge on any atom is 0.132 e. The van der Waals surface area contributed by atoms with E-state index in [-0.39, 0.29) is 0 Å². The summed E-state index contributed by atoms with van der Waals surface area (Å²) in [4.78, 5) is 6.74. The maximum atomic E-state index is 4.51. The molecule has 0 fully saturated rings. The first-order valence-electron chi connectivity index (χ1n) is 4.14. The van der Waals surface area contributed by atoms with E-state index in [0.717, 1.165) is 10.2 Å². The molecule has 2 nitrogen and oxygen atoms in total. The number of anilines is 1. The number of aryl methyl sites for hydroxylation is 1. The lowest BCUT2D eigenvalue weighted by Gasteiger charge is -2.25. The predicted molar refractivity (Wildman–Crippen MR) is 58.5 cm³/mol. The number of nitrogens with zero attached hydrogens (tertiary/aromatic N) is 2. The van der Waals surface area contributed by atoms with Crippen LogP contribution in [0.1, 0.15) is 12.0 Å². The van der Waals surface area contributed by atoms with Crippen molar-refractivity contribution in [2.45, 2.75) is 12.8 Å². The molecule has 0 spiro atoms. The zero-order valence-corrected chi connectivity index (χ0v) is 9.21. The Morgan fingerprint density at radius 2 is 2.33 bits per heavy atom. The van der Waals surface area contributed by atoms with Crippen LogP contribution in [0, 0.1) is 3.70 Å². The van der Waals surface area contributed by atoms with Gasteiger partial charge in [-0.3, -0.25) is 0 Å². The van der Waals surface area contributed by atoms with Crippen molar-refractivity contribution in [3.8, 4) is 0 Å². The molecular formula is C9H11IN2. The molecule has 0 aromatic carbocycles. The van der Waals surface area contributed by atoms with Crippen molar-refractivity contribution < 1.29 is 0 Å². The average Bonchev–Trinajstić information content (AvgIpc) is 2.07. The third-order valence-corrected chi connectivity index (χ3v) is 2.82. The second-order valence-corrected chi connectivity index (χ2v) is 4.25. The monoisotopic (exact) mass is 274 g/mol. The van der Waals surface area contributed by atoms with Crippen LogP contribution in [0.4, 0.5) is 5.82 Å². The Balaban J connectivity index is 2.47. The highest BCUT2D eigenvalue weighted by Crippen LogP contribution is 2.23. The Morgan fingerprint density at radius 1 is 1.50 bits per heavy atom. The van der Waals surface area contributed by atoms with Gasteiger partial charge >= 0.3 is 0 Å². The van der Waals surface area contributed by atoms with E-state index < -0.39 is 0 Å². The summed E-state index contributed by atoms with van der Waals surface area (Å²) in [7, 11) is 2.11. The number of fused-ring (bicyclic) bond motifs is 1. The normalized spacial score (nSPS) is 16.0. The van der Waals surface area contributed by atoms with Crippen LogP contribution in [0.25, 0.3) is 0 Å². The molecule has 0 aliphatic carbocycles. The van der Waals surface area contributed by atoms with Gasteiger partial charge in [0.2, 0.25) is 0 Å². The molecule has 0 saturated heterocycles.